The molecule has 0 saturated heterocycles. The molecule has 0 aliphatic carbocycles. The van der Waals surface area contributed by atoms with Gasteiger partial charge in [-0.2, -0.15) is 5.26 Å². The Bertz CT molecular complexity index is 621. The van der Waals surface area contributed by atoms with Crippen LogP contribution in [0, 0.1) is 11.3 Å². The first-order chi connectivity index (χ1) is 9.35. The predicted octanol–water partition coefficient (Wildman–Crippen LogP) is 0.689. The summed E-state index contributed by atoms with van der Waals surface area (Å²) in [5.41, 5.74) is 0.328. The van der Waals surface area contributed by atoms with E-state index in [2.05, 4.69) is 5.32 Å². The summed E-state index contributed by atoms with van der Waals surface area (Å²) in [6, 6.07) is 7.91. The lowest BCUT2D eigenvalue weighted by Gasteiger charge is -2.12. The van der Waals surface area contributed by atoms with Crippen molar-refractivity contribution >= 4 is 20.6 Å². The average Bonchev–Trinajstić information content (AvgIpc) is 2.37. The summed E-state index contributed by atoms with van der Waals surface area (Å²) in [5, 5.41) is 11.8. The van der Waals surface area contributed by atoms with E-state index in [-0.39, 0.29) is 23.2 Å². The van der Waals surface area contributed by atoms with E-state index in [0.29, 0.717) is 11.3 Å². The van der Waals surface area contributed by atoms with Gasteiger partial charge in [-0.1, -0.05) is 6.07 Å². The summed E-state index contributed by atoms with van der Waals surface area (Å²) >= 11 is 0. The van der Waals surface area contributed by atoms with E-state index < -0.39 is 20.6 Å². The monoisotopic (exact) mass is 314 g/mol. The fourth-order valence-corrected chi connectivity index (χ4v) is 3.76. The van der Waals surface area contributed by atoms with Crippen molar-refractivity contribution in [2.24, 2.45) is 0 Å². The number of rotatable bonds is 7. The molecule has 0 fully saturated rings. The molecule has 1 N–H and O–H groups in total. The topological polar surface area (TPSA) is 87.0 Å². The molecule has 0 saturated carbocycles. The number of sulfone groups is 1. The Morgan fingerprint density at radius 2 is 2.15 bits per heavy atom. The highest BCUT2D eigenvalue weighted by Crippen LogP contribution is 2.12. The highest BCUT2D eigenvalue weighted by atomic mass is 32.2. The summed E-state index contributed by atoms with van der Waals surface area (Å²) in [7, 11) is -4.32. The molecule has 0 aliphatic rings. The zero-order valence-electron chi connectivity index (χ0n) is 11.5. The van der Waals surface area contributed by atoms with Crippen LogP contribution in [0.15, 0.2) is 29.2 Å². The van der Waals surface area contributed by atoms with Crippen molar-refractivity contribution in [2.75, 3.05) is 24.3 Å². The molecule has 5 nitrogen and oxygen atoms in total. The van der Waals surface area contributed by atoms with Crippen LogP contribution in [-0.4, -0.2) is 43.0 Å². The molecule has 0 heterocycles. The molecule has 2 atom stereocenters. The second-order valence-corrected chi connectivity index (χ2v) is 8.14. The number of nitrogens with one attached hydrogen (secondary N) is 1. The standard InChI is InChI=1S/C13H18N2O3S2/c1-11(10-19(2)16)15-6-7-20(17,18)13-5-3-4-12(8-13)9-14/h3-5,8,11,15H,6-7,10H2,1-2H3. The Morgan fingerprint density at radius 3 is 2.75 bits per heavy atom. The zero-order valence-corrected chi connectivity index (χ0v) is 13.1. The van der Waals surface area contributed by atoms with Crippen molar-refractivity contribution in [3.05, 3.63) is 29.8 Å². The van der Waals surface area contributed by atoms with Gasteiger partial charge in [0, 0.05) is 35.4 Å². The summed E-state index contributed by atoms with van der Waals surface area (Å²) in [6.45, 7) is 2.15. The van der Waals surface area contributed by atoms with Gasteiger partial charge in [0.1, 0.15) is 0 Å². The molecule has 20 heavy (non-hydrogen) atoms. The van der Waals surface area contributed by atoms with Gasteiger partial charge in [-0.05, 0) is 25.1 Å². The summed E-state index contributed by atoms with van der Waals surface area (Å²) in [4.78, 5) is 0.157. The lowest BCUT2D eigenvalue weighted by atomic mass is 10.2. The van der Waals surface area contributed by atoms with Crippen molar-refractivity contribution in [1.29, 1.82) is 5.26 Å². The maximum absolute atomic E-state index is 12.1. The van der Waals surface area contributed by atoms with Crippen LogP contribution in [0.3, 0.4) is 0 Å². The summed E-state index contributed by atoms with van der Waals surface area (Å²) < 4.78 is 35.2. The number of hydrogen-bond acceptors (Lipinski definition) is 5. The molecule has 110 valence electrons. The van der Waals surface area contributed by atoms with Crippen LogP contribution in [0.1, 0.15) is 12.5 Å². The van der Waals surface area contributed by atoms with Gasteiger partial charge >= 0.3 is 0 Å². The molecule has 7 heteroatoms. The molecule has 1 aromatic carbocycles. The Hall–Kier alpha value is -1.23. The van der Waals surface area contributed by atoms with Crippen molar-refractivity contribution in [2.45, 2.75) is 17.9 Å². The SMILES string of the molecule is CC(CS(C)=O)NCCS(=O)(=O)c1cccc(C#N)c1. The third-order valence-corrected chi connectivity index (χ3v) is 5.35. The third-order valence-electron chi connectivity index (χ3n) is 2.67. The van der Waals surface area contributed by atoms with Gasteiger partial charge in [0.2, 0.25) is 0 Å². The number of benzene rings is 1. The fourth-order valence-electron chi connectivity index (χ4n) is 1.73. The van der Waals surface area contributed by atoms with Crippen molar-refractivity contribution < 1.29 is 12.6 Å². The van der Waals surface area contributed by atoms with Crippen LogP contribution < -0.4 is 5.32 Å². The lowest BCUT2D eigenvalue weighted by Crippen LogP contribution is -2.34. The smallest absolute Gasteiger partial charge is 0.179 e. The van der Waals surface area contributed by atoms with E-state index in [1.54, 1.807) is 18.4 Å². The molecule has 1 aromatic rings. The van der Waals surface area contributed by atoms with Crippen molar-refractivity contribution in [3.8, 4) is 6.07 Å². The van der Waals surface area contributed by atoms with Gasteiger partial charge in [0.15, 0.2) is 9.84 Å². The number of nitriles is 1. The van der Waals surface area contributed by atoms with Crippen LogP contribution in [-0.2, 0) is 20.6 Å². The Morgan fingerprint density at radius 1 is 1.45 bits per heavy atom. The Labute approximate surface area is 122 Å². The molecule has 0 radical (unpaired) electrons. The van der Waals surface area contributed by atoms with E-state index in [9.17, 15) is 12.6 Å². The molecule has 0 amide bonds. The second kappa shape index (κ2) is 7.53. The number of nitrogens with zero attached hydrogens (tertiary/aromatic N) is 1. The maximum Gasteiger partial charge on any atom is 0.179 e. The molecular weight excluding hydrogens is 296 g/mol. The normalized spacial score (nSPS) is 14.4. The van der Waals surface area contributed by atoms with E-state index in [0.717, 1.165) is 0 Å². The Balaban J connectivity index is 2.62. The Kier molecular flexibility index (Phi) is 6.33. The average molecular weight is 314 g/mol. The minimum atomic E-state index is -3.41. The molecule has 2 unspecified atom stereocenters. The first-order valence-electron chi connectivity index (χ1n) is 6.11. The van der Waals surface area contributed by atoms with Gasteiger partial charge in [-0.25, -0.2) is 8.42 Å². The van der Waals surface area contributed by atoms with Gasteiger partial charge in [0.05, 0.1) is 22.3 Å². The van der Waals surface area contributed by atoms with E-state index in [1.165, 1.54) is 12.1 Å². The van der Waals surface area contributed by atoms with Gasteiger partial charge in [-0.3, -0.25) is 4.21 Å². The molecule has 1 rings (SSSR count). The molecule has 0 bridgehead atoms. The number of hydrogen-bond donors (Lipinski definition) is 1. The van der Waals surface area contributed by atoms with Crippen LogP contribution in [0.25, 0.3) is 0 Å². The maximum atomic E-state index is 12.1. The van der Waals surface area contributed by atoms with E-state index in [1.807, 2.05) is 13.0 Å². The predicted molar refractivity (Wildman–Crippen MR) is 79.6 cm³/mol. The van der Waals surface area contributed by atoms with Crippen LogP contribution in [0.4, 0.5) is 0 Å². The first kappa shape index (κ1) is 16.8. The quantitative estimate of drug-likeness (QED) is 0.800. The fraction of sp³-hybridized carbons (Fsp3) is 0.462. The molecule has 0 aliphatic heterocycles. The summed E-state index contributed by atoms with van der Waals surface area (Å²) in [5.74, 6) is 0.437. The van der Waals surface area contributed by atoms with Crippen LogP contribution in [0.2, 0.25) is 0 Å². The van der Waals surface area contributed by atoms with E-state index in [4.69, 9.17) is 5.26 Å². The van der Waals surface area contributed by atoms with Crippen molar-refractivity contribution in [3.63, 3.8) is 0 Å². The van der Waals surface area contributed by atoms with E-state index >= 15 is 0 Å². The van der Waals surface area contributed by atoms with Crippen molar-refractivity contribution in [1.82, 2.24) is 5.32 Å². The van der Waals surface area contributed by atoms with Gasteiger partial charge < -0.3 is 5.32 Å². The minimum absolute atomic E-state index is 0.00137. The highest BCUT2D eigenvalue weighted by Gasteiger charge is 2.15. The zero-order chi connectivity index (χ0) is 15.2. The highest BCUT2D eigenvalue weighted by molar-refractivity contribution is 7.91. The van der Waals surface area contributed by atoms with Gasteiger partial charge in [-0.15, -0.1) is 0 Å². The molecule has 0 aromatic heterocycles. The van der Waals surface area contributed by atoms with Gasteiger partial charge in [0.25, 0.3) is 0 Å². The minimum Gasteiger partial charge on any atom is -0.312 e. The molecular formula is C13H18N2O3S2. The largest absolute Gasteiger partial charge is 0.312 e. The first-order valence-corrected chi connectivity index (χ1v) is 9.49. The third kappa shape index (κ3) is 5.41. The summed E-state index contributed by atoms with van der Waals surface area (Å²) in [6.07, 6.45) is 1.61. The lowest BCUT2D eigenvalue weighted by molar-refractivity contribution is 0.578. The second-order valence-electron chi connectivity index (χ2n) is 4.55. The van der Waals surface area contributed by atoms with Crippen LogP contribution >= 0.6 is 0 Å². The molecule has 0 spiro atoms. The van der Waals surface area contributed by atoms with Crippen LogP contribution in [0.5, 0.6) is 0 Å².